The Morgan fingerprint density at radius 2 is 1.85 bits per heavy atom. The Labute approximate surface area is 202 Å². The Morgan fingerprint density at radius 3 is 2.59 bits per heavy atom. The van der Waals surface area contributed by atoms with E-state index < -0.39 is 0 Å². The zero-order valence-corrected chi connectivity index (χ0v) is 20.1. The van der Waals surface area contributed by atoms with E-state index in [-0.39, 0.29) is 17.9 Å². The van der Waals surface area contributed by atoms with Crippen molar-refractivity contribution in [2.24, 2.45) is 0 Å². The Balaban J connectivity index is 1.39. The van der Waals surface area contributed by atoms with Gasteiger partial charge in [0.25, 0.3) is 5.91 Å². The Kier molecular flexibility index (Phi) is 7.27. The number of likely N-dealkylation sites (tertiary alicyclic amines) is 1. The van der Waals surface area contributed by atoms with Crippen LogP contribution in [0.25, 0.3) is 0 Å². The fraction of sp³-hybridized carbons (Fsp3) is 0.333. The molecule has 0 saturated carbocycles. The zero-order chi connectivity index (χ0) is 24.1. The molecule has 1 aliphatic heterocycles. The number of piperidine rings is 1. The molecule has 3 amide bonds. The van der Waals surface area contributed by atoms with Crippen LogP contribution in [0.5, 0.6) is 11.5 Å². The van der Waals surface area contributed by atoms with Crippen molar-refractivity contribution >= 4 is 34.6 Å². The molecule has 1 aromatic heterocycles. The van der Waals surface area contributed by atoms with Gasteiger partial charge in [0.05, 0.1) is 19.9 Å². The number of aryl methyl sites for hydroxylation is 1. The van der Waals surface area contributed by atoms with Gasteiger partial charge in [0.1, 0.15) is 16.5 Å². The first-order valence-electron chi connectivity index (χ1n) is 11.0. The second-order valence-electron chi connectivity index (χ2n) is 8.05. The highest BCUT2D eigenvalue weighted by Crippen LogP contribution is 2.32. The Bertz CT molecular complexity index is 1160. The molecule has 178 valence electrons. The molecule has 2 heterocycles. The van der Waals surface area contributed by atoms with Crippen molar-refractivity contribution in [1.82, 2.24) is 15.1 Å². The van der Waals surface area contributed by atoms with Crippen LogP contribution in [0.3, 0.4) is 0 Å². The standard InChI is InChI=1S/C24H27N5O4S/c1-15-6-8-17(9-7-15)25-21(30)23-28-27-22(34-23)16-5-4-12-29(14-16)24(31)26-19-11-10-18(32-2)13-20(19)33-3/h6-11,13,16H,4-5,12,14H2,1-3H3,(H,25,30)(H,26,31)/t16-/m0/s1. The lowest BCUT2D eigenvalue weighted by Crippen LogP contribution is -2.41. The molecule has 1 fully saturated rings. The molecular weight excluding hydrogens is 454 g/mol. The summed E-state index contributed by atoms with van der Waals surface area (Å²) >= 11 is 1.27. The molecule has 10 heteroatoms. The van der Waals surface area contributed by atoms with Crippen LogP contribution in [-0.4, -0.2) is 54.3 Å². The van der Waals surface area contributed by atoms with Crippen LogP contribution in [0.2, 0.25) is 0 Å². The summed E-state index contributed by atoms with van der Waals surface area (Å²) < 4.78 is 10.6. The van der Waals surface area contributed by atoms with E-state index in [0.29, 0.717) is 41.0 Å². The largest absolute Gasteiger partial charge is 0.497 e. The molecule has 3 aromatic rings. The minimum Gasteiger partial charge on any atom is -0.497 e. The molecule has 0 spiro atoms. The van der Waals surface area contributed by atoms with Crippen molar-refractivity contribution in [2.75, 3.05) is 37.9 Å². The number of amides is 3. The molecule has 2 N–H and O–H groups in total. The molecule has 4 rings (SSSR count). The lowest BCUT2D eigenvalue weighted by molar-refractivity contribution is 0.102. The maximum atomic E-state index is 12.9. The van der Waals surface area contributed by atoms with Gasteiger partial charge in [-0.05, 0) is 44.0 Å². The molecule has 2 aromatic carbocycles. The van der Waals surface area contributed by atoms with Crippen molar-refractivity contribution in [1.29, 1.82) is 0 Å². The molecular formula is C24H27N5O4S. The lowest BCUT2D eigenvalue weighted by atomic mass is 9.99. The third kappa shape index (κ3) is 5.45. The number of rotatable bonds is 6. The SMILES string of the molecule is COc1ccc(NC(=O)N2CCC[C@H](c3nnc(C(=O)Nc4ccc(C)cc4)s3)C2)c(OC)c1. The average molecular weight is 482 g/mol. The monoisotopic (exact) mass is 481 g/mol. The van der Waals surface area contributed by atoms with Crippen molar-refractivity contribution in [3.05, 3.63) is 58.0 Å². The maximum Gasteiger partial charge on any atom is 0.321 e. The third-order valence-corrected chi connectivity index (χ3v) is 6.74. The van der Waals surface area contributed by atoms with Crippen molar-refractivity contribution in [3.63, 3.8) is 0 Å². The number of benzene rings is 2. The van der Waals surface area contributed by atoms with Gasteiger partial charge in [-0.15, -0.1) is 10.2 Å². The van der Waals surface area contributed by atoms with Crippen LogP contribution in [0.4, 0.5) is 16.2 Å². The number of urea groups is 1. The molecule has 0 aliphatic carbocycles. The lowest BCUT2D eigenvalue weighted by Gasteiger charge is -2.31. The van der Waals surface area contributed by atoms with E-state index in [0.717, 1.165) is 23.4 Å². The highest BCUT2D eigenvalue weighted by atomic mass is 32.1. The highest BCUT2D eigenvalue weighted by Gasteiger charge is 2.28. The molecule has 34 heavy (non-hydrogen) atoms. The van der Waals surface area contributed by atoms with Crippen LogP contribution < -0.4 is 20.1 Å². The molecule has 1 aliphatic rings. The maximum absolute atomic E-state index is 12.9. The number of carbonyl (C=O) groups is 2. The highest BCUT2D eigenvalue weighted by molar-refractivity contribution is 7.13. The molecule has 0 radical (unpaired) electrons. The quantitative estimate of drug-likeness (QED) is 0.536. The smallest absolute Gasteiger partial charge is 0.321 e. The van der Waals surface area contributed by atoms with E-state index >= 15 is 0 Å². The number of hydrogen-bond donors (Lipinski definition) is 2. The fourth-order valence-electron chi connectivity index (χ4n) is 3.77. The van der Waals surface area contributed by atoms with E-state index in [2.05, 4.69) is 20.8 Å². The topological polar surface area (TPSA) is 106 Å². The van der Waals surface area contributed by atoms with Crippen LogP contribution in [-0.2, 0) is 0 Å². The second-order valence-corrected chi connectivity index (χ2v) is 9.06. The average Bonchev–Trinajstić information content (AvgIpc) is 3.36. The molecule has 1 atom stereocenters. The summed E-state index contributed by atoms with van der Waals surface area (Å²) in [6.07, 6.45) is 1.71. The summed E-state index contributed by atoms with van der Waals surface area (Å²) in [7, 11) is 3.12. The first-order chi connectivity index (χ1) is 16.5. The summed E-state index contributed by atoms with van der Waals surface area (Å²) in [6.45, 7) is 3.13. The summed E-state index contributed by atoms with van der Waals surface area (Å²) in [4.78, 5) is 27.3. The van der Waals surface area contributed by atoms with E-state index in [9.17, 15) is 9.59 Å². The summed E-state index contributed by atoms with van der Waals surface area (Å²) in [6, 6.07) is 12.6. The summed E-state index contributed by atoms with van der Waals surface area (Å²) in [5, 5.41) is 15.2. The van der Waals surface area contributed by atoms with Gasteiger partial charge < -0.3 is 25.0 Å². The first-order valence-corrected chi connectivity index (χ1v) is 11.8. The number of methoxy groups -OCH3 is 2. The van der Waals surface area contributed by atoms with E-state index in [1.165, 1.54) is 11.3 Å². The number of nitrogens with one attached hydrogen (secondary N) is 2. The van der Waals surface area contributed by atoms with Crippen molar-refractivity contribution in [2.45, 2.75) is 25.7 Å². The van der Waals surface area contributed by atoms with Crippen molar-refractivity contribution < 1.29 is 19.1 Å². The van der Waals surface area contributed by atoms with Crippen molar-refractivity contribution in [3.8, 4) is 11.5 Å². The normalized spacial score (nSPS) is 15.5. The molecule has 1 saturated heterocycles. The van der Waals surface area contributed by atoms with Crippen LogP contribution in [0.1, 0.15) is 39.1 Å². The minimum absolute atomic E-state index is 0.0238. The van der Waals surface area contributed by atoms with Gasteiger partial charge in [0, 0.05) is 30.8 Å². The number of anilines is 2. The van der Waals surface area contributed by atoms with Gasteiger partial charge in [0.15, 0.2) is 0 Å². The molecule has 0 unspecified atom stereocenters. The summed E-state index contributed by atoms with van der Waals surface area (Å²) in [5.74, 6) is 0.904. The van der Waals surface area contributed by atoms with Gasteiger partial charge >= 0.3 is 6.03 Å². The fourth-order valence-corrected chi connectivity index (χ4v) is 4.64. The predicted octanol–water partition coefficient (Wildman–Crippen LogP) is 4.53. The van der Waals surface area contributed by atoms with Gasteiger partial charge in [-0.3, -0.25) is 4.79 Å². The Hall–Kier alpha value is -3.66. The van der Waals surface area contributed by atoms with Gasteiger partial charge in [-0.2, -0.15) is 0 Å². The van der Waals surface area contributed by atoms with E-state index in [1.807, 2.05) is 31.2 Å². The number of carbonyl (C=O) groups excluding carboxylic acids is 2. The van der Waals surface area contributed by atoms with E-state index in [1.54, 1.807) is 37.3 Å². The van der Waals surface area contributed by atoms with Gasteiger partial charge in [-0.1, -0.05) is 29.0 Å². The van der Waals surface area contributed by atoms with Gasteiger partial charge in [0.2, 0.25) is 5.01 Å². The molecule has 0 bridgehead atoms. The summed E-state index contributed by atoms with van der Waals surface area (Å²) in [5.41, 5.74) is 2.40. The number of hydrogen-bond acceptors (Lipinski definition) is 7. The van der Waals surface area contributed by atoms with Crippen LogP contribution in [0.15, 0.2) is 42.5 Å². The predicted molar refractivity (Wildman–Crippen MR) is 131 cm³/mol. The van der Waals surface area contributed by atoms with Crippen LogP contribution in [0, 0.1) is 6.92 Å². The number of nitrogens with zero attached hydrogens (tertiary/aromatic N) is 3. The second kappa shape index (κ2) is 10.5. The molecule has 9 nitrogen and oxygen atoms in total. The van der Waals surface area contributed by atoms with Crippen LogP contribution >= 0.6 is 11.3 Å². The number of ether oxygens (including phenoxy) is 2. The minimum atomic E-state index is -0.287. The Morgan fingerprint density at radius 1 is 1.06 bits per heavy atom. The van der Waals surface area contributed by atoms with Gasteiger partial charge in [-0.25, -0.2) is 4.79 Å². The number of aromatic nitrogens is 2. The van der Waals surface area contributed by atoms with E-state index in [4.69, 9.17) is 9.47 Å². The zero-order valence-electron chi connectivity index (χ0n) is 19.3. The first kappa shape index (κ1) is 23.5. The third-order valence-electron chi connectivity index (χ3n) is 5.65.